The molecule has 1 saturated heterocycles. The molecule has 0 radical (unpaired) electrons. The molecule has 0 spiro atoms. The molecule has 1 N–H and O–H groups in total. The molecule has 2 aromatic rings. The Labute approximate surface area is 136 Å². The number of nitrogens with zero attached hydrogens (tertiary/aromatic N) is 4. The molecule has 0 saturated carbocycles. The summed E-state index contributed by atoms with van der Waals surface area (Å²) < 4.78 is 29.2. The van der Waals surface area contributed by atoms with Crippen LogP contribution in [-0.4, -0.2) is 33.4 Å². The van der Waals surface area contributed by atoms with Crippen molar-refractivity contribution in [1.29, 1.82) is 0 Å². The zero-order valence-electron chi connectivity index (χ0n) is 13.1. The molecule has 1 unspecified atom stereocenters. The second-order valence-corrected chi connectivity index (χ2v) is 5.61. The first-order chi connectivity index (χ1) is 11.4. The maximum atomic E-state index is 13.9. The van der Waals surface area contributed by atoms with Crippen molar-refractivity contribution in [2.75, 3.05) is 16.8 Å². The Kier molecular flexibility index (Phi) is 4.00. The smallest absolute Gasteiger partial charge is 0.231 e. The Hall–Kier alpha value is -2.84. The SMILES string of the molecule is Cc1c(NC(=O)C2CC(=O)N(c3c(F)cccc3F)C2)nnn1C. The van der Waals surface area contributed by atoms with Gasteiger partial charge in [-0.3, -0.25) is 14.3 Å². The first-order valence-corrected chi connectivity index (χ1v) is 7.30. The van der Waals surface area contributed by atoms with Gasteiger partial charge in [0.2, 0.25) is 11.8 Å². The third kappa shape index (κ3) is 2.72. The summed E-state index contributed by atoms with van der Waals surface area (Å²) in [6.07, 6.45) is -0.126. The number of nitrogens with one attached hydrogen (secondary N) is 1. The Morgan fingerprint density at radius 2 is 2.00 bits per heavy atom. The van der Waals surface area contributed by atoms with Crippen molar-refractivity contribution in [3.63, 3.8) is 0 Å². The molecule has 0 aliphatic carbocycles. The molecule has 1 aromatic heterocycles. The maximum absolute atomic E-state index is 13.9. The topological polar surface area (TPSA) is 80.1 Å². The molecule has 1 atom stereocenters. The third-order valence-electron chi connectivity index (χ3n) is 4.05. The van der Waals surface area contributed by atoms with Crippen LogP contribution in [0.5, 0.6) is 0 Å². The Morgan fingerprint density at radius 3 is 2.58 bits per heavy atom. The number of aryl methyl sites for hydroxylation is 1. The Balaban J connectivity index is 1.77. The molecule has 1 aromatic carbocycles. The molecular formula is C15H15F2N5O2. The average molecular weight is 335 g/mol. The van der Waals surface area contributed by atoms with Gasteiger partial charge in [-0.2, -0.15) is 0 Å². The van der Waals surface area contributed by atoms with Gasteiger partial charge < -0.3 is 10.2 Å². The molecule has 1 fully saturated rings. The highest BCUT2D eigenvalue weighted by atomic mass is 19.1. The minimum Gasteiger partial charge on any atom is -0.307 e. The standard InChI is InChI=1S/C15H15F2N5O2/c1-8-14(19-20-21(8)2)18-15(24)9-6-12(23)22(7-9)13-10(16)4-3-5-11(13)17/h3-5,9H,6-7H2,1-2H3,(H,18,24). The monoisotopic (exact) mass is 335 g/mol. The van der Waals surface area contributed by atoms with Gasteiger partial charge in [0, 0.05) is 20.0 Å². The normalized spacial score (nSPS) is 17.4. The van der Waals surface area contributed by atoms with Crippen LogP contribution < -0.4 is 10.2 Å². The summed E-state index contributed by atoms with van der Waals surface area (Å²) in [5, 5.41) is 10.2. The Bertz CT molecular complexity index is 800. The van der Waals surface area contributed by atoms with E-state index in [9.17, 15) is 18.4 Å². The molecule has 1 aliphatic rings. The van der Waals surface area contributed by atoms with Crippen LogP contribution in [0.1, 0.15) is 12.1 Å². The lowest BCUT2D eigenvalue weighted by Crippen LogP contribution is -2.29. The predicted octanol–water partition coefficient (Wildman–Crippen LogP) is 1.39. The average Bonchev–Trinajstić information content (AvgIpc) is 3.05. The van der Waals surface area contributed by atoms with Crippen molar-refractivity contribution in [2.45, 2.75) is 13.3 Å². The van der Waals surface area contributed by atoms with Gasteiger partial charge in [0.1, 0.15) is 17.3 Å². The summed E-state index contributed by atoms with van der Waals surface area (Å²) in [7, 11) is 1.68. The Morgan fingerprint density at radius 1 is 1.33 bits per heavy atom. The summed E-state index contributed by atoms with van der Waals surface area (Å²) >= 11 is 0. The van der Waals surface area contributed by atoms with Gasteiger partial charge in [0.25, 0.3) is 0 Å². The van der Waals surface area contributed by atoms with E-state index in [0.29, 0.717) is 11.5 Å². The molecule has 3 rings (SSSR count). The van der Waals surface area contributed by atoms with E-state index in [4.69, 9.17) is 0 Å². The number of benzene rings is 1. The number of rotatable bonds is 3. The van der Waals surface area contributed by atoms with Crippen LogP contribution in [0.3, 0.4) is 0 Å². The van der Waals surface area contributed by atoms with E-state index >= 15 is 0 Å². The zero-order chi connectivity index (χ0) is 17.4. The van der Waals surface area contributed by atoms with Gasteiger partial charge in [-0.1, -0.05) is 11.3 Å². The van der Waals surface area contributed by atoms with Crippen molar-refractivity contribution in [1.82, 2.24) is 15.0 Å². The summed E-state index contributed by atoms with van der Waals surface area (Å²) in [5.41, 5.74) is 0.234. The van der Waals surface area contributed by atoms with Crippen LogP contribution in [0, 0.1) is 24.5 Å². The number of anilines is 2. The van der Waals surface area contributed by atoms with Gasteiger partial charge in [0.15, 0.2) is 5.82 Å². The fraction of sp³-hybridized carbons (Fsp3) is 0.333. The summed E-state index contributed by atoms with van der Waals surface area (Å²) in [6.45, 7) is 1.64. The highest BCUT2D eigenvalue weighted by Gasteiger charge is 2.37. The number of aromatic nitrogens is 3. The molecule has 7 nitrogen and oxygen atoms in total. The number of halogens is 2. The minimum absolute atomic E-state index is 0.0954. The molecule has 2 heterocycles. The van der Waals surface area contributed by atoms with Crippen molar-refractivity contribution >= 4 is 23.3 Å². The second-order valence-electron chi connectivity index (χ2n) is 5.61. The molecule has 126 valence electrons. The summed E-state index contributed by atoms with van der Waals surface area (Å²) in [5.74, 6) is -3.05. The van der Waals surface area contributed by atoms with Gasteiger partial charge in [0.05, 0.1) is 11.6 Å². The number of hydrogen-bond acceptors (Lipinski definition) is 4. The van der Waals surface area contributed by atoms with E-state index in [-0.39, 0.29) is 13.0 Å². The van der Waals surface area contributed by atoms with Crippen LogP contribution in [0.2, 0.25) is 0 Å². The summed E-state index contributed by atoms with van der Waals surface area (Å²) in [4.78, 5) is 25.4. The number of amides is 2. The first kappa shape index (κ1) is 16.0. The van der Waals surface area contributed by atoms with Crippen LogP contribution in [-0.2, 0) is 16.6 Å². The fourth-order valence-corrected chi connectivity index (χ4v) is 2.58. The van der Waals surface area contributed by atoms with E-state index in [2.05, 4.69) is 15.6 Å². The van der Waals surface area contributed by atoms with Crippen LogP contribution in [0.4, 0.5) is 20.3 Å². The second kappa shape index (κ2) is 5.99. The van der Waals surface area contributed by atoms with Gasteiger partial charge in [-0.15, -0.1) is 5.10 Å². The van der Waals surface area contributed by atoms with E-state index < -0.39 is 35.1 Å². The number of carbonyl (C=O) groups excluding carboxylic acids is 2. The molecular weight excluding hydrogens is 320 g/mol. The zero-order valence-corrected chi connectivity index (χ0v) is 13.1. The molecule has 1 aliphatic heterocycles. The number of para-hydroxylation sites is 1. The van der Waals surface area contributed by atoms with Gasteiger partial charge in [-0.05, 0) is 19.1 Å². The van der Waals surface area contributed by atoms with Crippen LogP contribution >= 0.6 is 0 Å². The van der Waals surface area contributed by atoms with Crippen LogP contribution in [0.25, 0.3) is 0 Å². The highest BCUT2D eigenvalue weighted by molar-refractivity contribution is 6.03. The van der Waals surface area contributed by atoms with Crippen molar-refractivity contribution in [3.8, 4) is 0 Å². The third-order valence-corrected chi connectivity index (χ3v) is 4.05. The lowest BCUT2D eigenvalue weighted by atomic mass is 10.1. The van der Waals surface area contributed by atoms with Gasteiger partial charge in [-0.25, -0.2) is 8.78 Å². The lowest BCUT2D eigenvalue weighted by molar-refractivity contribution is -0.122. The first-order valence-electron chi connectivity index (χ1n) is 7.30. The van der Waals surface area contributed by atoms with Crippen molar-refractivity contribution < 1.29 is 18.4 Å². The van der Waals surface area contributed by atoms with Gasteiger partial charge >= 0.3 is 0 Å². The predicted molar refractivity (Wildman–Crippen MR) is 81.2 cm³/mol. The quantitative estimate of drug-likeness (QED) is 0.919. The van der Waals surface area contributed by atoms with E-state index in [1.54, 1.807) is 14.0 Å². The minimum atomic E-state index is -0.839. The van der Waals surface area contributed by atoms with Crippen molar-refractivity contribution in [3.05, 3.63) is 35.5 Å². The number of hydrogen-bond donors (Lipinski definition) is 1. The summed E-state index contributed by atoms with van der Waals surface area (Å²) in [6, 6.07) is 3.36. The fourth-order valence-electron chi connectivity index (χ4n) is 2.58. The molecule has 0 bridgehead atoms. The van der Waals surface area contributed by atoms with E-state index in [1.165, 1.54) is 10.7 Å². The van der Waals surface area contributed by atoms with E-state index in [0.717, 1.165) is 17.0 Å². The van der Waals surface area contributed by atoms with Crippen molar-refractivity contribution in [2.24, 2.45) is 13.0 Å². The highest BCUT2D eigenvalue weighted by Crippen LogP contribution is 2.30. The maximum Gasteiger partial charge on any atom is 0.231 e. The molecule has 9 heteroatoms. The number of carbonyl (C=O) groups is 2. The largest absolute Gasteiger partial charge is 0.307 e. The van der Waals surface area contributed by atoms with Crippen LogP contribution in [0.15, 0.2) is 18.2 Å². The molecule has 2 amide bonds. The van der Waals surface area contributed by atoms with E-state index in [1.807, 2.05) is 0 Å². The lowest BCUT2D eigenvalue weighted by Gasteiger charge is -2.18. The molecule has 24 heavy (non-hydrogen) atoms.